The summed E-state index contributed by atoms with van der Waals surface area (Å²) in [6.45, 7) is 4.89. The van der Waals surface area contributed by atoms with E-state index in [2.05, 4.69) is 22.5 Å². The van der Waals surface area contributed by atoms with Gasteiger partial charge in [-0.2, -0.15) is 0 Å². The Hall–Kier alpha value is -3.85. The number of benzene rings is 2. The Morgan fingerprint density at radius 1 is 1.02 bits per heavy atom. The number of para-hydroxylation sites is 1. The van der Waals surface area contributed by atoms with Crippen LogP contribution < -0.4 is 20.3 Å². The van der Waals surface area contributed by atoms with Crippen molar-refractivity contribution in [1.82, 2.24) is 15.6 Å². The number of anilines is 1. The molecule has 9 heteroatoms. The van der Waals surface area contributed by atoms with Gasteiger partial charge in [0.15, 0.2) is 0 Å². The maximum absolute atomic E-state index is 13.7. The number of fused-ring (bicyclic) bond motifs is 1. The lowest BCUT2D eigenvalue weighted by atomic mass is 10.0. The molecule has 2 heterocycles. The molecule has 9 nitrogen and oxygen atoms in total. The average molecular weight is 563 g/mol. The van der Waals surface area contributed by atoms with Crippen LogP contribution in [0.2, 0.25) is 0 Å². The van der Waals surface area contributed by atoms with E-state index in [-0.39, 0.29) is 37.8 Å². The molecule has 0 unspecified atom stereocenters. The second kappa shape index (κ2) is 14.2. The monoisotopic (exact) mass is 562 g/mol. The topological polar surface area (TPSA) is 113 Å². The number of methoxy groups -OCH3 is 1. The lowest BCUT2D eigenvalue weighted by Crippen LogP contribution is -2.69. The largest absolute Gasteiger partial charge is 0.497 e. The van der Waals surface area contributed by atoms with E-state index in [1.54, 1.807) is 7.11 Å². The minimum Gasteiger partial charge on any atom is -0.497 e. The third kappa shape index (κ3) is 7.67. The minimum absolute atomic E-state index is 0.0223. The van der Waals surface area contributed by atoms with Crippen LogP contribution in [0.5, 0.6) is 5.75 Å². The molecule has 1 atom stereocenters. The van der Waals surface area contributed by atoms with Crippen molar-refractivity contribution in [2.24, 2.45) is 0 Å². The van der Waals surface area contributed by atoms with Gasteiger partial charge >= 0.3 is 0 Å². The Morgan fingerprint density at radius 3 is 2.54 bits per heavy atom. The summed E-state index contributed by atoms with van der Waals surface area (Å²) in [6.07, 6.45) is 6.50. The van der Waals surface area contributed by atoms with Crippen molar-refractivity contribution in [3.8, 4) is 5.75 Å². The standard InChI is InChI=1S/C32H42N4O5/c1-4-5-6-7-8-12-15-29(37)34-31(39)32(22-36(18-19-41-32)24-13-10-9-11-14-24)35-30(38)21-26-23(2)33-28-17-16-25(40-3)20-27(26)28/h9-11,13-14,16-17,20,33H,4-8,12,15,18-19,21-22H2,1-3H3,(H,35,38)(H,34,37,39)/t32-/m0/s1. The normalized spacial score (nSPS) is 16.9. The van der Waals surface area contributed by atoms with E-state index < -0.39 is 11.6 Å². The van der Waals surface area contributed by atoms with Crippen molar-refractivity contribution in [2.45, 2.75) is 70.9 Å². The lowest BCUT2D eigenvalue weighted by Gasteiger charge is -2.42. The number of hydrogen-bond donors (Lipinski definition) is 3. The summed E-state index contributed by atoms with van der Waals surface area (Å²) in [5.74, 6) is -0.712. The number of carbonyl (C=O) groups is 3. The first kappa shape index (κ1) is 30.1. The van der Waals surface area contributed by atoms with Gasteiger partial charge in [0.1, 0.15) is 5.75 Å². The molecule has 2 aromatic carbocycles. The summed E-state index contributed by atoms with van der Waals surface area (Å²) in [6, 6.07) is 15.3. The van der Waals surface area contributed by atoms with Gasteiger partial charge in [0.2, 0.25) is 17.5 Å². The fourth-order valence-corrected chi connectivity index (χ4v) is 5.35. The van der Waals surface area contributed by atoms with Gasteiger partial charge in [0, 0.05) is 35.2 Å². The number of hydrogen-bond acceptors (Lipinski definition) is 6. The quantitative estimate of drug-likeness (QED) is 0.259. The van der Waals surface area contributed by atoms with Gasteiger partial charge in [-0.25, -0.2) is 0 Å². The predicted octanol–water partition coefficient (Wildman–Crippen LogP) is 4.77. The number of aromatic amines is 1. The zero-order chi connectivity index (χ0) is 29.2. The van der Waals surface area contributed by atoms with Crippen LogP contribution in [0, 0.1) is 6.92 Å². The molecular formula is C32H42N4O5. The van der Waals surface area contributed by atoms with Crippen LogP contribution in [-0.4, -0.2) is 55.2 Å². The van der Waals surface area contributed by atoms with Crippen molar-refractivity contribution in [1.29, 1.82) is 0 Å². The van der Waals surface area contributed by atoms with Gasteiger partial charge < -0.3 is 24.7 Å². The molecule has 41 heavy (non-hydrogen) atoms. The highest BCUT2D eigenvalue weighted by molar-refractivity contribution is 6.02. The van der Waals surface area contributed by atoms with Crippen molar-refractivity contribution < 1.29 is 23.9 Å². The van der Waals surface area contributed by atoms with Gasteiger partial charge in [-0.05, 0) is 49.2 Å². The van der Waals surface area contributed by atoms with Crippen LogP contribution in [0.3, 0.4) is 0 Å². The molecule has 3 N–H and O–H groups in total. The number of aryl methyl sites for hydroxylation is 1. The molecule has 1 saturated heterocycles. The third-order valence-corrected chi connectivity index (χ3v) is 7.63. The van der Waals surface area contributed by atoms with Crippen molar-refractivity contribution in [2.75, 3.05) is 31.7 Å². The fraction of sp³-hybridized carbons (Fsp3) is 0.469. The van der Waals surface area contributed by atoms with E-state index in [1.807, 2.05) is 60.4 Å². The molecule has 220 valence electrons. The van der Waals surface area contributed by atoms with Gasteiger partial charge in [0.25, 0.3) is 5.91 Å². The SMILES string of the molecule is CCCCCCCCC(=O)NC(=O)[C@]1(NC(=O)Cc2c(C)[nH]c3ccc(OC)cc23)CN(c2ccccc2)CCO1. The predicted molar refractivity (Wildman–Crippen MR) is 160 cm³/mol. The maximum atomic E-state index is 13.7. The Morgan fingerprint density at radius 2 is 1.78 bits per heavy atom. The summed E-state index contributed by atoms with van der Waals surface area (Å²) in [4.78, 5) is 45.2. The number of unbranched alkanes of at least 4 members (excludes halogenated alkanes) is 5. The molecule has 4 rings (SSSR count). The van der Waals surface area contributed by atoms with Crippen molar-refractivity contribution in [3.05, 3.63) is 59.8 Å². The summed E-state index contributed by atoms with van der Waals surface area (Å²) in [5.41, 5.74) is 1.73. The summed E-state index contributed by atoms with van der Waals surface area (Å²) >= 11 is 0. The maximum Gasteiger partial charge on any atom is 0.281 e. The van der Waals surface area contributed by atoms with Gasteiger partial charge in [0.05, 0.1) is 26.7 Å². The average Bonchev–Trinajstić information content (AvgIpc) is 3.28. The number of carbonyl (C=O) groups excluding carboxylic acids is 3. The Bertz CT molecular complexity index is 1340. The van der Waals surface area contributed by atoms with Crippen LogP contribution in [0.25, 0.3) is 10.9 Å². The summed E-state index contributed by atoms with van der Waals surface area (Å²) in [7, 11) is 1.60. The number of imide groups is 1. The van der Waals surface area contributed by atoms with Gasteiger partial charge in [-0.3, -0.25) is 19.7 Å². The third-order valence-electron chi connectivity index (χ3n) is 7.63. The molecule has 1 aliphatic rings. The van der Waals surface area contributed by atoms with Gasteiger partial charge in [-0.1, -0.05) is 57.2 Å². The molecule has 3 aromatic rings. The number of nitrogens with zero attached hydrogens (tertiary/aromatic N) is 1. The lowest BCUT2D eigenvalue weighted by molar-refractivity contribution is -0.161. The van der Waals surface area contributed by atoms with Crippen LogP contribution >= 0.6 is 0 Å². The van der Waals surface area contributed by atoms with E-state index in [0.717, 1.165) is 53.5 Å². The first-order valence-corrected chi connectivity index (χ1v) is 14.6. The second-order valence-electron chi connectivity index (χ2n) is 10.7. The first-order chi connectivity index (χ1) is 19.8. The van der Waals surface area contributed by atoms with Gasteiger partial charge in [-0.15, -0.1) is 0 Å². The Labute approximate surface area is 242 Å². The van der Waals surface area contributed by atoms with Crippen molar-refractivity contribution in [3.63, 3.8) is 0 Å². The first-order valence-electron chi connectivity index (χ1n) is 14.6. The molecular weight excluding hydrogens is 520 g/mol. The van der Waals surface area contributed by atoms with Crippen LogP contribution in [0.15, 0.2) is 48.5 Å². The zero-order valence-electron chi connectivity index (χ0n) is 24.4. The zero-order valence-corrected chi connectivity index (χ0v) is 24.4. The van der Waals surface area contributed by atoms with E-state index in [4.69, 9.17) is 9.47 Å². The molecule has 0 radical (unpaired) electrons. The molecule has 0 aliphatic carbocycles. The molecule has 1 fully saturated rings. The number of rotatable bonds is 13. The number of aromatic nitrogens is 1. The van der Waals surface area contributed by atoms with E-state index in [1.165, 1.54) is 6.42 Å². The smallest absolute Gasteiger partial charge is 0.281 e. The Kier molecular flexibility index (Phi) is 10.4. The highest BCUT2D eigenvalue weighted by atomic mass is 16.5. The summed E-state index contributed by atoms with van der Waals surface area (Å²) in [5, 5.41) is 6.27. The fourth-order valence-electron chi connectivity index (χ4n) is 5.35. The molecule has 1 aliphatic heterocycles. The molecule has 0 spiro atoms. The number of amides is 3. The molecule has 1 aromatic heterocycles. The number of morpholine rings is 1. The Balaban J connectivity index is 1.50. The van der Waals surface area contributed by atoms with E-state index >= 15 is 0 Å². The highest BCUT2D eigenvalue weighted by Crippen LogP contribution is 2.28. The number of ether oxygens (including phenoxy) is 2. The van der Waals surface area contributed by atoms with E-state index in [9.17, 15) is 14.4 Å². The van der Waals surface area contributed by atoms with Crippen LogP contribution in [0.1, 0.15) is 63.1 Å². The molecule has 3 amide bonds. The highest BCUT2D eigenvalue weighted by Gasteiger charge is 2.46. The van der Waals surface area contributed by atoms with E-state index in [0.29, 0.717) is 18.7 Å². The number of nitrogens with one attached hydrogen (secondary N) is 3. The minimum atomic E-state index is -1.72. The molecule has 0 bridgehead atoms. The second-order valence-corrected chi connectivity index (χ2v) is 10.7. The van der Waals surface area contributed by atoms with Crippen LogP contribution in [0.4, 0.5) is 5.69 Å². The summed E-state index contributed by atoms with van der Waals surface area (Å²) < 4.78 is 11.4. The number of H-pyrrole nitrogens is 1. The van der Waals surface area contributed by atoms with Crippen molar-refractivity contribution >= 4 is 34.3 Å². The molecule has 0 saturated carbocycles. The van der Waals surface area contributed by atoms with Crippen LogP contribution in [-0.2, 0) is 25.5 Å².